The summed E-state index contributed by atoms with van der Waals surface area (Å²) in [6.07, 6.45) is 5.24. The zero-order chi connectivity index (χ0) is 19.1. The molecule has 1 fully saturated rings. The summed E-state index contributed by atoms with van der Waals surface area (Å²) < 4.78 is 0. The van der Waals surface area contributed by atoms with Gasteiger partial charge in [0.25, 0.3) is 0 Å². The standard InChI is InChI=1S/C22H24N4OS/c1-14-24-21(20-17-4-2-5-18(17)28-22(20)25-14)23-12-15-7-9-16(10-8-15)13-26-11-3-6-19(26)27/h7-10H,2-6,11-13H2,1H3,(H,23,24,25). The number of thiophene rings is 1. The van der Waals surface area contributed by atoms with Crippen LogP contribution in [0.2, 0.25) is 0 Å². The Balaban J connectivity index is 1.32. The number of nitrogens with zero attached hydrogens (tertiary/aromatic N) is 3. The van der Waals surface area contributed by atoms with Gasteiger partial charge in [0.05, 0.1) is 5.39 Å². The first-order valence-corrected chi connectivity index (χ1v) is 10.9. The van der Waals surface area contributed by atoms with E-state index in [2.05, 4.69) is 34.6 Å². The zero-order valence-corrected chi connectivity index (χ0v) is 16.9. The van der Waals surface area contributed by atoms with Crippen molar-refractivity contribution >= 4 is 33.3 Å². The lowest BCUT2D eigenvalue weighted by Gasteiger charge is -2.15. The maximum atomic E-state index is 11.8. The minimum Gasteiger partial charge on any atom is -0.365 e. The van der Waals surface area contributed by atoms with Gasteiger partial charge < -0.3 is 10.2 Å². The molecule has 1 N–H and O–H groups in total. The van der Waals surface area contributed by atoms with Gasteiger partial charge in [-0.1, -0.05) is 24.3 Å². The van der Waals surface area contributed by atoms with Crippen molar-refractivity contribution in [3.05, 3.63) is 51.7 Å². The average molecular weight is 393 g/mol. The Morgan fingerprint density at radius 3 is 2.68 bits per heavy atom. The van der Waals surface area contributed by atoms with Crippen LogP contribution in [-0.4, -0.2) is 27.3 Å². The van der Waals surface area contributed by atoms with Crippen molar-refractivity contribution in [1.82, 2.24) is 14.9 Å². The molecule has 3 heterocycles. The average Bonchev–Trinajstić information content (AvgIpc) is 3.37. The number of amides is 1. The molecular weight excluding hydrogens is 368 g/mol. The Morgan fingerprint density at radius 2 is 1.89 bits per heavy atom. The summed E-state index contributed by atoms with van der Waals surface area (Å²) in [6, 6.07) is 8.55. The van der Waals surface area contributed by atoms with Crippen molar-refractivity contribution in [2.45, 2.75) is 52.1 Å². The molecule has 2 aromatic heterocycles. The largest absolute Gasteiger partial charge is 0.365 e. The van der Waals surface area contributed by atoms with Gasteiger partial charge in [0, 0.05) is 30.9 Å². The van der Waals surface area contributed by atoms with Crippen LogP contribution < -0.4 is 5.32 Å². The number of carbonyl (C=O) groups excluding carboxylic acids is 1. The van der Waals surface area contributed by atoms with E-state index in [1.54, 1.807) is 0 Å². The van der Waals surface area contributed by atoms with Gasteiger partial charge in [-0.3, -0.25) is 4.79 Å². The Morgan fingerprint density at radius 1 is 1.07 bits per heavy atom. The molecule has 6 heteroatoms. The number of carbonyl (C=O) groups is 1. The Labute approximate surface area is 168 Å². The van der Waals surface area contributed by atoms with Gasteiger partial charge in [0.2, 0.25) is 5.91 Å². The van der Waals surface area contributed by atoms with E-state index in [-0.39, 0.29) is 5.91 Å². The summed E-state index contributed by atoms with van der Waals surface area (Å²) in [7, 11) is 0. The van der Waals surface area contributed by atoms with Crippen molar-refractivity contribution < 1.29 is 4.79 Å². The molecule has 0 atom stereocenters. The van der Waals surface area contributed by atoms with Gasteiger partial charge in [-0.15, -0.1) is 11.3 Å². The number of nitrogens with one attached hydrogen (secondary N) is 1. The van der Waals surface area contributed by atoms with E-state index >= 15 is 0 Å². The fraction of sp³-hybridized carbons (Fsp3) is 0.409. The molecule has 1 aliphatic heterocycles. The van der Waals surface area contributed by atoms with Crippen molar-refractivity contribution in [1.29, 1.82) is 0 Å². The lowest BCUT2D eigenvalue weighted by molar-refractivity contribution is -0.128. The molecule has 5 rings (SSSR count). The first-order valence-electron chi connectivity index (χ1n) is 10.1. The number of aryl methyl sites for hydroxylation is 3. The quantitative estimate of drug-likeness (QED) is 0.706. The van der Waals surface area contributed by atoms with E-state index in [4.69, 9.17) is 4.98 Å². The summed E-state index contributed by atoms with van der Waals surface area (Å²) in [6.45, 7) is 4.30. The number of likely N-dealkylation sites (tertiary alicyclic amines) is 1. The van der Waals surface area contributed by atoms with E-state index < -0.39 is 0 Å². The second kappa shape index (κ2) is 7.17. The first-order chi connectivity index (χ1) is 13.7. The van der Waals surface area contributed by atoms with Gasteiger partial charge in [-0.2, -0.15) is 0 Å². The monoisotopic (exact) mass is 392 g/mol. The van der Waals surface area contributed by atoms with Crippen molar-refractivity contribution in [3.63, 3.8) is 0 Å². The molecule has 0 unspecified atom stereocenters. The second-order valence-electron chi connectivity index (χ2n) is 7.75. The fourth-order valence-corrected chi connectivity index (χ4v) is 5.58. The lowest BCUT2D eigenvalue weighted by atomic mass is 10.1. The van der Waals surface area contributed by atoms with E-state index in [1.807, 2.05) is 23.2 Å². The van der Waals surface area contributed by atoms with E-state index in [0.717, 1.165) is 48.9 Å². The maximum Gasteiger partial charge on any atom is 0.222 e. The number of fused-ring (bicyclic) bond motifs is 3. The third-order valence-corrected chi connectivity index (χ3v) is 6.89. The van der Waals surface area contributed by atoms with Crippen LogP contribution in [0.5, 0.6) is 0 Å². The molecule has 0 spiro atoms. The molecular formula is C22H24N4OS. The Kier molecular flexibility index (Phi) is 4.51. The lowest BCUT2D eigenvalue weighted by Crippen LogP contribution is -2.23. The SMILES string of the molecule is Cc1nc(NCc2ccc(CN3CCCC3=O)cc2)c2c3c(sc2n1)CCC3. The van der Waals surface area contributed by atoms with Crippen LogP contribution in [0.1, 0.15) is 46.7 Å². The molecule has 3 aromatic rings. The zero-order valence-electron chi connectivity index (χ0n) is 16.1. The highest BCUT2D eigenvalue weighted by molar-refractivity contribution is 7.19. The molecule has 0 saturated carbocycles. The number of rotatable bonds is 5. The van der Waals surface area contributed by atoms with E-state index in [9.17, 15) is 4.79 Å². The molecule has 1 saturated heterocycles. The number of anilines is 1. The molecule has 28 heavy (non-hydrogen) atoms. The predicted molar refractivity (Wildman–Crippen MR) is 113 cm³/mol. The van der Waals surface area contributed by atoms with Crippen LogP contribution in [-0.2, 0) is 30.7 Å². The fourth-order valence-electron chi connectivity index (χ4n) is 4.27. The molecule has 2 aliphatic rings. The summed E-state index contributed by atoms with van der Waals surface area (Å²) in [4.78, 5) is 25.7. The maximum absolute atomic E-state index is 11.8. The highest BCUT2D eigenvalue weighted by Crippen LogP contribution is 2.39. The van der Waals surface area contributed by atoms with Gasteiger partial charge in [-0.25, -0.2) is 9.97 Å². The van der Waals surface area contributed by atoms with Crippen molar-refractivity contribution in [2.75, 3.05) is 11.9 Å². The highest BCUT2D eigenvalue weighted by atomic mass is 32.1. The highest BCUT2D eigenvalue weighted by Gasteiger charge is 2.22. The topological polar surface area (TPSA) is 58.1 Å². The molecule has 5 nitrogen and oxygen atoms in total. The van der Waals surface area contributed by atoms with E-state index in [1.165, 1.54) is 39.8 Å². The van der Waals surface area contributed by atoms with Crippen LogP contribution in [0.3, 0.4) is 0 Å². The number of benzene rings is 1. The smallest absolute Gasteiger partial charge is 0.222 e. The summed E-state index contributed by atoms with van der Waals surface area (Å²) in [5, 5.41) is 4.78. The van der Waals surface area contributed by atoms with Crippen LogP contribution in [0, 0.1) is 6.92 Å². The number of hydrogen-bond donors (Lipinski definition) is 1. The van der Waals surface area contributed by atoms with Crippen LogP contribution in [0.15, 0.2) is 24.3 Å². The third kappa shape index (κ3) is 3.26. The number of aromatic nitrogens is 2. The van der Waals surface area contributed by atoms with E-state index in [0.29, 0.717) is 6.42 Å². The molecule has 0 radical (unpaired) electrons. The van der Waals surface area contributed by atoms with Gasteiger partial charge in [-0.05, 0) is 49.3 Å². The minimum atomic E-state index is 0.275. The summed E-state index contributed by atoms with van der Waals surface area (Å²) in [5.41, 5.74) is 3.86. The summed E-state index contributed by atoms with van der Waals surface area (Å²) >= 11 is 1.83. The second-order valence-corrected chi connectivity index (χ2v) is 8.83. The molecule has 1 aromatic carbocycles. The van der Waals surface area contributed by atoms with Crippen LogP contribution in [0.4, 0.5) is 5.82 Å². The van der Waals surface area contributed by atoms with Crippen molar-refractivity contribution in [2.24, 2.45) is 0 Å². The Hall–Kier alpha value is -2.47. The number of hydrogen-bond acceptors (Lipinski definition) is 5. The van der Waals surface area contributed by atoms with Crippen LogP contribution >= 0.6 is 11.3 Å². The normalized spacial score (nSPS) is 16.2. The van der Waals surface area contributed by atoms with Crippen molar-refractivity contribution in [3.8, 4) is 0 Å². The Bertz CT molecular complexity index is 1040. The third-order valence-electron chi connectivity index (χ3n) is 5.70. The van der Waals surface area contributed by atoms with Crippen LogP contribution in [0.25, 0.3) is 10.2 Å². The summed E-state index contributed by atoms with van der Waals surface area (Å²) in [5.74, 6) is 2.06. The first kappa shape index (κ1) is 17.6. The minimum absolute atomic E-state index is 0.275. The predicted octanol–water partition coefficient (Wildman–Crippen LogP) is 4.22. The van der Waals surface area contributed by atoms with Gasteiger partial charge in [0.1, 0.15) is 16.5 Å². The molecule has 1 aliphatic carbocycles. The molecule has 144 valence electrons. The van der Waals surface area contributed by atoms with Gasteiger partial charge >= 0.3 is 0 Å². The van der Waals surface area contributed by atoms with Gasteiger partial charge in [0.15, 0.2) is 0 Å². The molecule has 0 bridgehead atoms. The molecule has 1 amide bonds.